The smallest absolute Gasteiger partial charge is 1.00 e. The molecule has 0 aromatic rings. The van der Waals surface area contributed by atoms with Gasteiger partial charge in [0.1, 0.15) is 6.61 Å². The molecular formula is C24H33FNa2O6. The Kier molecular flexibility index (Phi) is 7.32. The molecule has 1 saturated heterocycles. The molecule has 0 radical (unpaired) electrons. The topological polar surface area (TPSA) is 93.1 Å². The van der Waals surface area contributed by atoms with E-state index in [2.05, 4.69) is 0 Å². The number of rotatable bonds is 2. The van der Waals surface area contributed by atoms with E-state index < -0.39 is 58.4 Å². The van der Waals surface area contributed by atoms with E-state index in [-0.39, 0.29) is 80.1 Å². The Bertz CT molecular complexity index is 947. The van der Waals surface area contributed by atoms with Gasteiger partial charge in [0.25, 0.3) is 0 Å². The molecule has 5 rings (SSSR count). The maximum Gasteiger partial charge on any atom is 1.00 e. The molecule has 1 heterocycles. The quantitative estimate of drug-likeness (QED) is 0.400. The number of allylic oxidation sites excluding steroid dienone is 4. The standard InChI is InChI=1S/C24H31FO6.2Na.2H/c1-20(2)30-19-10-16-15-6-5-13-9-14(27)7-8-21(13,3)23(15,25)17(28)11-22(16,4)24(19,31-20)18(29)12-26;;;;/h7-9,15-17,19,26,28H,5-6,10-12H2,1-4H3;;;;/q;2*+1;2*-1/t15-,16-,17-,19+,21-,22-,23-,24+;;;;/m0..../s1. The molecule has 3 saturated carbocycles. The summed E-state index contributed by atoms with van der Waals surface area (Å²) in [5, 5.41) is 21.2. The first-order chi connectivity index (χ1) is 14.4. The number of ketones is 2. The second-order valence-electron chi connectivity index (χ2n) is 10.9. The minimum atomic E-state index is -1.98. The van der Waals surface area contributed by atoms with Gasteiger partial charge in [-0.05, 0) is 64.5 Å². The third-order valence-electron chi connectivity index (χ3n) is 9.19. The van der Waals surface area contributed by atoms with Crippen LogP contribution in [0.25, 0.3) is 0 Å². The van der Waals surface area contributed by atoms with E-state index in [1.54, 1.807) is 26.8 Å². The van der Waals surface area contributed by atoms with Gasteiger partial charge in [-0.3, -0.25) is 9.59 Å². The van der Waals surface area contributed by atoms with Crippen molar-refractivity contribution < 1.29 is 95.6 Å². The fraction of sp³-hybridized carbons (Fsp3) is 0.750. The van der Waals surface area contributed by atoms with Gasteiger partial charge in [0, 0.05) is 16.7 Å². The van der Waals surface area contributed by atoms with Crippen molar-refractivity contribution in [2.75, 3.05) is 6.61 Å². The fourth-order valence-corrected chi connectivity index (χ4v) is 7.93. The van der Waals surface area contributed by atoms with Crippen molar-refractivity contribution in [2.45, 2.75) is 82.6 Å². The van der Waals surface area contributed by atoms with E-state index in [1.807, 2.05) is 6.92 Å². The normalized spacial score (nSPS) is 48.9. The van der Waals surface area contributed by atoms with Crippen LogP contribution in [0.3, 0.4) is 0 Å². The van der Waals surface area contributed by atoms with Crippen molar-refractivity contribution in [3.05, 3.63) is 23.8 Å². The minimum absolute atomic E-state index is 0. The molecule has 4 aliphatic carbocycles. The molecule has 33 heavy (non-hydrogen) atoms. The summed E-state index contributed by atoms with van der Waals surface area (Å²) in [5.74, 6) is -2.46. The number of hydrogen-bond donors (Lipinski definition) is 2. The number of alkyl halides is 1. The third-order valence-corrected chi connectivity index (χ3v) is 9.19. The molecule has 4 fully saturated rings. The SMILES string of the molecule is CC1(C)O[C@@H]2C[C@H]3[C@@H]4CCC5=CC(=O)C=C[C@]5(C)[C@@]4(F)[C@@H](O)C[C@]3(C)[C@]2(C(=O)CO)O1.[H-].[H-].[Na+].[Na+]. The van der Waals surface area contributed by atoms with Crippen LogP contribution in [-0.4, -0.2) is 57.7 Å². The monoisotopic (exact) mass is 482 g/mol. The number of carbonyl (C=O) groups excluding carboxylic acids is 2. The first kappa shape index (κ1) is 28.2. The molecule has 0 aromatic carbocycles. The van der Waals surface area contributed by atoms with Crippen LogP contribution in [-0.2, 0) is 19.1 Å². The average Bonchev–Trinajstić information content (AvgIpc) is 3.09. The van der Waals surface area contributed by atoms with E-state index >= 15 is 4.39 Å². The number of halogens is 1. The van der Waals surface area contributed by atoms with Crippen LogP contribution in [0.5, 0.6) is 0 Å². The van der Waals surface area contributed by atoms with Crippen molar-refractivity contribution >= 4 is 11.6 Å². The van der Waals surface area contributed by atoms with Gasteiger partial charge in [-0.2, -0.15) is 0 Å². The van der Waals surface area contributed by atoms with Gasteiger partial charge in [0.2, 0.25) is 0 Å². The van der Waals surface area contributed by atoms with Gasteiger partial charge < -0.3 is 22.5 Å². The van der Waals surface area contributed by atoms with Crippen LogP contribution in [0, 0.1) is 22.7 Å². The molecule has 6 nitrogen and oxygen atoms in total. The maximum atomic E-state index is 17.1. The van der Waals surface area contributed by atoms with E-state index in [9.17, 15) is 19.8 Å². The molecule has 5 aliphatic rings. The number of hydrogen-bond acceptors (Lipinski definition) is 6. The van der Waals surface area contributed by atoms with Gasteiger partial charge >= 0.3 is 59.1 Å². The van der Waals surface area contributed by atoms with Crippen LogP contribution >= 0.6 is 0 Å². The average molecular weight is 483 g/mol. The Labute approximate surface area is 241 Å². The summed E-state index contributed by atoms with van der Waals surface area (Å²) in [4.78, 5) is 25.1. The fourth-order valence-electron chi connectivity index (χ4n) is 7.93. The summed E-state index contributed by atoms with van der Waals surface area (Å²) < 4.78 is 29.5. The Hall–Kier alpha value is 0.590. The Morgan fingerprint density at radius 3 is 2.55 bits per heavy atom. The van der Waals surface area contributed by atoms with Gasteiger partial charge in [-0.1, -0.05) is 18.6 Å². The molecule has 9 heteroatoms. The molecule has 0 spiro atoms. The number of ether oxygens (including phenoxy) is 2. The molecular weight excluding hydrogens is 449 g/mol. The van der Waals surface area contributed by atoms with Crippen molar-refractivity contribution in [2.24, 2.45) is 22.7 Å². The van der Waals surface area contributed by atoms with Crippen molar-refractivity contribution in [3.63, 3.8) is 0 Å². The van der Waals surface area contributed by atoms with Gasteiger partial charge in [0.15, 0.2) is 28.6 Å². The third kappa shape index (κ3) is 3.34. The zero-order valence-electron chi connectivity index (χ0n) is 22.5. The van der Waals surface area contributed by atoms with Gasteiger partial charge in [-0.15, -0.1) is 0 Å². The second kappa shape index (κ2) is 8.57. The number of aliphatic hydroxyl groups excluding tert-OH is 2. The summed E-state index contributed by atoms with van der Waals surface area (Å²) in [6.07, 6.45) is 4.00. The Balaban J connectivity index is 0.00000153. The largest absolute Gasteiger partial charge is 1.00 e. The summed E-state index contributed by atoms with van der Waals surface area (Å²) in [7, 11) is 0. The molecule has 0 amide bonds. The number of Topliss-reactive ketones (excluding diaryl/α,β-unsaturated/α-hetero) is 1. The van der Waals surface area contributed by atoms with E-state index in [1.165, 1.54) is 12.2 Å². The number of carbonyl (C=O) groups is 2. The van der Waals surface area contributed by atoms with Crippen molar-refractivity contribution in [1.82, 2.24) is 0 Å². The van der Waals surface area contributed by atoms with Crippen LogP contribution in [0.1, 0.15) is 56.2 Å². The first-order valence-corrected chi connectivity index (χ1v) is 11.2. The van der Waals surface area contributed by atoms with Gasteiger partial charge in [0.05, 0.1) is 12.2 Å². The summed E-state index contributed by atoms with van der Waals surface area (Å²) in [5.41, 5.74) is -4.66. The van der Waals surface area contributed by atoms with Crippen molar-refractivity contribution in [3.8, 4) is 0 Å². The minimum Gasteiger partial charge on any atom is -1.00 e. The van der Waals surface area contributed by atoms with Crippen LogP contribution in [0.4, 0.5) is 4.39 Å². The van der Waals surface area contributed by atoms with E-state index in [0.717, 1.165) is 5.57 Å². The zero-order valence-corrected chi connectivity index (χ0v) is 24.5. The van der Waals surface area contributed by atoms with E-state index in [4.69, 9.17) is 9.47 Å². The van der Waals surface area contributed by atoms with Crippen molar-refractivity contribution in [1.29, 1.82) is 0 Å². The molecule has 0 bridgehead atoms. The number of fused-ring (bicyclic) bond motifs is 7. The Morgan fingerprint density at radius 2 is 1.91 bits per heavy atom. The first-order valence-electron chi connectivity index (χ1n) is 11.2. The summed E-state index contributed by atoms with van der Waals surface area (Å²) in [6, 6.07) is 0. The molecule has 2 N–H and O–H groups in total. The van der Waals surface area contributed by atoms with Crippen LogP contribution < -0.4 is 59.1 Å². The summed E-state index contributed by atoms with van der Waals surface area (Å²) >= 11 is 0. The second-order valence-corrected chi connectivity index (χ2v) is 10.9. The molecule has 0 aromatic heterocycles. The predicted molar refractivity (Wildman–Crippen MR) is 111 cm³/mol. The Morgan fingerprint density at radius 1 is 1.24 bits per heavy atom. The van der Waals surface area contributed by atoms with Gasteiger partial charge in [-0.25, -0.2) is 4.39 Å². The predicted octanol–water partition coefficient (Wildman–Crippen LogP) is -3.35. The zero-order chi connectivity index (χ0) is 22.6. The van der Waals surface area contributed by atoms with E-state index in [0.29, 0.717) is 19.3 Å². The number of aliphatic hydroxyl groups is 2. The molecule has 1 aliphatic heterocycles. The molecule has 174 valence electrons. The summed E-state index contributed by atoms with van der Waals surface area (Å²) in [6.45, 7) is 6.41. The van der Waals surface area contributed by atoms with Crippen LogP contribution in [0.2, 0.25) is 0 Å². The maximum absolute atomic E-state index is 17.1. The van der Waals surface area contributed by atoms with Crippen LogP contribution in [0.15, 0.2) is 23.8 Å². The molecule has 0 unspecified atom stereocenters. The molecule has 8 atom stereocenters.